The molecule has 0 saturated carbocycles. The summed E-state index contributed by atoms with van der Waals surface area (Å²) < 4.78 is 2.51. The molecule has 0 atom stereocenters. The van der Waals surface area contributed by atoms with Crippen LogP contribution >= 0.6 is 34.9 Å². The Morgan fingerprint density at radius 1 is 1.23 bits per heavy atom. The number of fused-ring (bicyclic) bond motifs is 1. The van der Waals surface area contributed by atoms with Crippen molar-refractivity contribution in [1.29, 1.82) is 0 Å². The third-order valence-corrected chi connectivity index (χ3v) is 6.06. The van der Waals surface area contributed by atoms with Crippen LogP contribution in [0.5, 0.6) is 0 Å². The van der Waals surface area contributed by atoms with Crippen molar-refractivity contribution in [2.24, 2.45) is 0 Å². The Morgan fingerprint density at radius 3 is 2.68 bits per heavy atom. The lowest BCUT2D eigenvalue weighted by atomic mass is 10.2. The Labute approximate surface area is 141 Å². The van der Waals surface area contributed by atoms with Crippen molar-refractivity contribution >= 4 is 45.1 Å². The van der Waals surface area contributed by atoms with Gasteiger partial charge in [-0.05, 0) is 42.3 Å². The monoisotopic (exact) mass is 348 g/mol. The lowest BCUT2D eigenvalue weighted by molar-refractivity contribution is 0.635. The van der Waals surface area contributed by atoms with Crippen LogP contribution in [0, 0.1) is 0 Å². The summed E-state index contributed by atoms with van der Waals surface area (Å²) in [5, 5.41) is 2.72. The van der Waals surface area contributed by atoms with E-state index in [1.807, 2.05) is 18.4 Å². The molecule has 0 aliphatic heterocycles. The Bertz CT molecular complexity index is 837. The van der Waals surface area contributed by atoms with Gasteiger partial charge in [-0.3, -0.25) is 9.36 Å². The second-order valence-corrected chi connectivity index (χ2v) is 7.45. The summed E-state index contributed by atoms with van der Waals surface area (Å²) in [4.78, 5) is 18.4. The fraction of sp³-hybridized carbons (Fsp3) is 0.250. The second-order valence-electron chi connectivity index (χ2n) is 4.72. The van der Waals surface area contributed by atoms with Crippen LogP contribution in [-0.4, -0.2) is 15.8 Å². The number of nitrogens with zero attached hydrogens (tertiary/aromatic N) is 2. The lowest BCUT2D eigenvalue weighted by Gasteiger charge is -2.09. The predicted molar refractivity (Wildman–Crippen MR) is 97.3 cm³/mol. The Morgan fingerprint density at radius 2 is 2.00 bits per heavy atom. The van der Waals surface area contributed by atoms with Gasteiger partial charge in [0, 0.05) is 17.2 Å². The van der Waals surface area contributed by atoms with E-state index in [0.717, 1.165) is 21.1 Å². The first kappa shape index (κ1) is 15.6. The van der Waals surface area contributed by atoms with Crippen molar-refractivity contribution in [3.63, 3.8) is 0 Å². The minimum absolute atomic E-state index is 0.0720. The largest absolute Gasteiger partial charge is 0.287 e. The first-order valence-corrected chi connectivity index (χ1v) is 10.1. The zero-order valence-corrected chi connectivity index (χ0v) is 14.9. The summed E-state index contributed by atoms with van der Waals surface area (Å²) in [6.07, 6.45) is 2.07. The maximum Gasteiger partial charge on any atom is 0.272 e. The van der Waals surface area contributed by atoms with Gasteiger partial charge in [0.25, 0.3) is 5.56 Å². The highest BCUT2D eigenvalue weighted by Gasteiger charge is 2.11. The van der Waals surface area contributed by atoms with Crippen LogP contribution in [0.4, 0.5) is 0 Å². The molecule has 22 heavy (non-hydrogen) atoms. The summed E-state index contributed by atoms with van der Waals surface area (Å²) in [6.45, 7) is 2.63. The topological polar surface area (TPSA) is 34.9 Å². The molecule has 6 heteroatoms. The maximum atomic E-state index is 12.5. The van der Waals surface area contributed by atoms with E-state index in [2.05, 4.69) is 35.5 Å². The predicted octanol–water partition coefficient (Wildman–Crippen LogP) is 4.49. The van der Waals surface area contributed by atoms with E-state index in [-0.39, 0.29) is 5.56 Å². The standard InChI is InChI=1S/C16H16N2OS3/c1-3-18-15(19)14-13(8-9-21-14)17-16(18)22-10-11-4-6-12(20-2)7-5-11/h4-9H,3,10H2,1-2H3. The average molecular weight is 349 g/mol. The number of hydrogen-bond acceptors (Lipinski definition) is 5. The van der Waals surface area contributed by atoms with E-state index in [9.17, 15) is 4.79 Å². The van der Waals surface area contributed by atoms with Gasteiger partial charge >= 0.3 is 0 Å². The molecule has 0 radical (unpaired) electrons. The lowest BCUT2D eigenvalue weighted by Crippen LogP contribution is -2.21. The normalized spacial score (nSPS) is 11.2. The molecule has 0 aliphatic carbocycles. The highest BCUT2D eigenvalue weighted by Crippen LogP contribution is 2.25. The van der Waals surface area contributed by atoms with Crippen molar-refractivity contribution in [1.82, 2.24) is 9.55 Å². The molecule has 0 unspecified atom stereocenters. The van der Waals surface area contributed by atoms with Gasteiger partial charge in [0.05, 0.1) is 5.52 Å². The smallest absolute Gasteiger partial charge is 0.272 e. The molecule has 2 aromatic heterocycles. The van der Waals surface area contributed by atoms with Crippen LogP contribution in [0.25, 0.3) is 10.2 Å². The van der Waals surface area contributed by atoms with E-state index in [0.29, 0.717) is 6.54 Å². The molecule has 0 spiro atoms. The molecule has 0 saturated heterocycles. The molecule has 114 valence electrons. The third kappa shape index (κ3) is 3.09. The van der Waals surface area contributed by atoms with Crippen LogP contribution < -0.4 is 5.56 Å². The van der Waals surface area contributed by atoms with Crippen molar-refractivity contribution in [3.05, 3.63) is 51.6 Å². The quantitative estimate of drug-likeness (QED) is 0.502. The van der Waals surface area contributed by atoms with Crippen molar-refractivity contribution < 1.29 is 0 Å². The fourth-order valence-electron chi connectivity index (χ4n) is 2.18. The molecule has 0 N–H and O–H groups in total. The zero-order chi connectivity index (χ0) is 15.5. The minimum Gasteiger partial charge on any atom is -0.287 e. The molecule has 3 nitrogen and oxygen atoms in total. The summed E-state index contributed by atoms with van der Waals surface area (Å²) in [5.74, 6) is 0.816. The summed E-state index contributed by atoms with van der Waals surface area (Å²) in [6, 6.07) is 10.4. The molecular weight excluding hydrogens is 332 g/mol. The van der Waals surface area contributed by atoms with E-state index in [4.69, 9.17) is 0 Å². The number of benzene rings is 1. The number of hydrogen-bond donors (Lipinski definition) is 0. The van der Waals surface area contributed by atoms with E-state index in [1.54, 1.807) is 28.1 Å². The van der Waals surface area contributed by atoms with E-state index in [1.165, 1.54) is 21.8 Å². The number of rotatable bonds is 5. The summed E-state index contributed by atoms with van der Waals surface area (Å²) in [5.41, 5.74) is 2.12. The summed E-state index contributed by atoms with van der Waals surface area (Å²) in [7, 11) is 0. The number of thiophene rings is 1. The van der Waals surface area contributed by atoms with Crippen LogP contribution in [0.15, 0.2) is 50.6 Å². The highest BCUT2D eigenvalue weighted by molar-refractivity contribution is 7.98. The first-order valence-electron chi connectivity index (χ1n) is 6.96. The van der Waals surface area contributed by atoms with E-state index < -0.39 is 0 Å². The van der Waals surface area contributed by atoms with Crippen LogP contribution in [0.2, 0.25) is 0 Å². The average Bonchev–Trinajstić information content (AvgIpc) is 3.02. The minimum atomic E-state index is 0.0720. The summed E-state index contributed by atoms with van der Waals surface area (Å²) >= 11 is 4.82. The SMILES string of the molecule is CCn1c(SCc2ccc(SC)cc2)nc2ccsc2c1=O. The van der Waals surface area contributed by atoms with Gasteiger partial charge in [-0.1, -0.05) is 23.9 Å². The van der Waals surface area contributed by atoms with Gasteiger partial charge in [0.1, 0.15) is 4.70 Å². The maximum absolute atomic E-state index is 12.5. The van der Waals surface area contributed by atoms with Crippen LogP contribution in [0.3, 0.4) is 0 Å². The molecule has 2 heterocycles. The Kier molecular flexibility index (Phi) is 4.90. The molecule has 0 aliphatic rings. The van der Waals surface area contributed by atoms with E-state index >= 15 is 0 Å². The van der Waals surface area contributed by atoms with Gasteiger partial charge < -0.3 is 0 Å². The van der Waals surface area contributed by atoms with Crippen molar-refractivity contribution in [2.75, 3.05) is 6.26 Å². The Balaban J connectivity index is 1.87. The molecule has 0 amide bonds. The fourth-order valence-corrected chi connectivity index (χ4v) is 4.39. The Hall–Kier alpha value is -1.24. The van der Waals surface area contributed by atoms with Gasteiger partial charge in [-0.15, -0.1) is 23.1 Å². The first-order chi connectivity index (χ1) is 10.7. The van der Waals surface area contributed by atoms with Gasteiger partial charge in [0.15, 0.2) is 5.16 Å². The molecule has 0 fully saturated rings. The molecule has 1 aromatic carbocycles. The van der Waals surface area contributed by atoms with Crippen molar-refractivity contribution in [3.8, 4) is 0 Å². The molecule has 3 aromatic rings. The van der Waals surface area contributed by atoms with Gasteiger partial charge in [0.2, 0.25) is 0 Å². The number of thioether (sulfide) groups is 2. The zero-order valence-electron chi connectivity index (χ0n) is 12.4. The molecular formula is C16H16N2OS3. The van der Waals surface area contributed by atoms with Crippen molar-refractivity contribution in [2.45, 2.75) is 29.3 Å². The molecule has 3 rings (SSSR count). The second kappa shape index (κ2) is 6.89. The highest BCUT2D eigenvalue weighted by atomic mass is 32.2. The number of aromatic nitrogens is 2. The van der Waals surface area contributed by atoms with Gasteiger partial charge in [-0.25, -0.2) is 4.98 Å². The van der Waals surface area contributed by atoms with Gasteiger partial charge in [-0.2, -0.15) is 0 Å². The third-order valence-electron chi connectivity index (χ3n) is 3.37. The van der Waals surface area contributed by atoms with Crippen LogP contribution in [0.1, 0.15) is 12.5 Å². The van der Waals surface area contributed by atoms with Crippen LogP contribution in [-0.2, 0) is 12.3 Å². The molecule has 0 bridgehead atoms.